The van der Waals surface area contributed by atoms with Gasteiger partial charge in [-0.3, -0.25) is 0 Å². The lowest BCUT2D eigenvalue weighted by atomic mass is 9.89. The number of fused-ring (bicyclic) bond motifs is 2. The van der Waals surface area contributed by atoms with Gasteiger partial charge in [0.05, 0.1) is 5.69 Å². The number of rotatable bonds is 9. The van der Waals surface area contributed by atoms with E-state index in [1.807, 2.05) is 0 Å². The second-order valence-electron chi connectivity index (χ2n) is 16.1. The summed E-state index contributed by atoms with van der Waals surface area (Å²) in [6.45, 7) is 0. The molecule has 0 aliphatic carbocycles. The maximum Gasteiger partial charge on any atom is 0.0540 e. The Morgan fingerprint density at radius 1 is 0.222 bits per heavy atom. The lowest BCUT2D eigenvalue weighted by Crippen LogP contribution is -2.11. The first-order chi connectivity index (χ1) is 31.2. The molecule has 11 aromatic carbocycles. The first-order valence-corrected chi connectivity index (χ1v) is 21.7. The van der Waals surface area contributed by atoms with Gasteiger partial charge in [-0.05, 0) is 125 Å². The highest BCUT2D eigenvalue weighted by atomic mass is 15.1. The minimum absolute atomic E-state index is 1.08. The molecule has 0 bridgehead atoms. The van der Waals surface area contributed by atoms with Crippen LogP contribution in [0.4, 0.5) is 17.1 Å². The summed E-state index contributed by atoms with van der Waals surface area (Å²) in [5, 5.41) is 4.98. The van der Waals surface area contributed by atoms with E-state index in [0.29, 0.717) is 0 Å². The van der Waals surface area contributed by atoms with Crippen molar-refractivity contribution in [3.63, 3.8) is 0 Å². The Hall–Kier alpha value is -8.26. The van der Waals surface area contributed by atoms with Crippen LogP contribution in [0.5, 0.6) is 0 Å². The molecule has 0 amide bonds. The first-order valence-electron chi connectivity index (χ1n) is 21.7. The molecule has 0 atom stereocenters. The molecule has 0 spiro atoms. The van der Waals surface area contributed by atoms with E-state index in [1.54, 1.807) is 0 Å². The molecule has 0 unspecified atom stereocenters. The fraction of sp³-hybridized carbons (Fsp3) is 0. The molecule has 11 rings (SSSR count). The summed E-state index contributed by atoms with van der Waals surface area (Å²) in [7, 11) is 0. The summed E-state index contributed by atoms with van der Waals surface area (Å²) in [5.41, 5.74) is 17.7. The molecule has 0 fully saturated rings. The van der Waals surface area contributed by atoms with Crippen LogP contribution in [0, 0.1) is 0 Å². The van der Waals surface area contributed by atoms with Gasteiger partial charge in [-0.2, -0.15) is 0 Å². The first kappa shape index (κ1) is 37.7. The predicted molar refractivity (Wildman–Crippen MR) is 269 cm³/mol. The third kappa shape index (κ3) is 7.47. The van der Waals surface area contributed by atoms with Crippen LogP contribution in [-0.2, 0) is 0 Å². The van der Waals surface area contributed by atoms with Crippen LogP contribution in [0.3, 0.4) is 0 Å². The van der Waals surface area contributed by atoms with Gasteiger partial charge in [0.15, 0.2) is 0 Å². The van der Waals surface area contributed by atoms with Crippen molar-refractivity contribution < 1.29 is 0 Å². The quantitative estimate of drug-likeness (QED) is 0.141. The Bertz CT molecular complexity index is 3350. The average Bonchev–Trinajstić information content (AvgIpc) is 3.37. The standard InChI is InChI=1S/C62H43N/c1-3-14-44(15-4-1)46-26-29-50(30-27-46)58-23-11-12-25-61(58)63(56-37-32-47(33-38-56)53-21-13-22-54(42-53)55-31-28-45-16-7-8-20-52(45)43-55)57-39-34-51(35-40-57)62-59-24-10-9-19-49(59)36-41-60(62)48-17-5-2-6-18-48/h1-43H. The van der Waals surface area contributed by atoms with E-state index in [1.165, 1.54) is 77.2 Å². The zero-order valence-electron chi connectivity index (χ0n) is 34.8. The maximum atomic E-state index is 2.40. The van der Waals surface area contributed by atoms with Gasteiger partial charge in [-0.1, -0.05) is 218 Å². The van der Waals surface area contributed by atoms with Gasteiger partial charge < -0.3 is 4.90 Å². The van der Waals surface area contributed by atoms with Gasteiger partial charge in [-0.15, -0.1) is 0 Å². The highest BCUT2D eigenvalue weighted by Crippen LogP contribution is 2.44. The number of anilines is 3. The highest BCUT2D eigenvalue weighted by molar-refractivity contribution is 6.04. The number of nitrogens with zero attached hydrogens (tertiary/aromatic N) is 1. The summed E-state index contributed by atoms with van der Waals surface area (Å²) in [4.78, 5) is 2.40. The largest absolute Gasteiger partial charge is 0.310 e. The Labute approximate surface area is 369 Å². The lowest BCUT2D eigenvalue weighted by Gasteiger charge is -2.28. The molecular formula is C62H43N. The van der Waals surface area contributed by atoms with Crippen molar-refractivity contribution in [1.29, 1.82) is 0 Å². The molecule has 0 aliphatic rings. The van der Waals surface area contributed by atoms with E-state index in [4.69, 9.17) is 0 Å². The molecule has 296 valence electrons. The molecule has 0 saturated carbocycles. The van der Waals surface area contributed by atoms with E-state index >= 15 is 0 Å². The molecule has 0 heterocycles. The predicted octanol–water partition coefficient (Wildman–Crippen LogP) is 17.5. The SMILES string of the molecule is c1ccc(-c2ccc(-c3ccccc3N(c3ccc(-c4cccc(-c5ccc6ccccc6c5)c4)cc3)c3ccc(-c4c(-c5ccccc5)ccc5ccccc45)cc3)cc2)cc1. The van der Waals surface area contributed by atoms with E-state index < -0.39 is 0 Å². The van der Waals surface area contributed by atoms with E-state index in [-0.39, 0.29) is 0 Å². The van der Waals surface area contributed by atoms with Crippen molar-refractivity contribution in [3.05, 3.63) is 261 Å². The molecule has 11 aromatic rings. The number of hydrogen-bond donors (Lipinski definition) is 0. The Kier molecular flexibility index (Phi) is 9.97. The number of benzene rings is 11. The third-order valence-electron chi connectivity index (χ3n) is 12.3. The van der Waals surface area contributed by atoms with Crippen LogP contribution in [0.15, 0.2) is 261 Å². The number of para-hydroxylation sites is 1. The van der Waals surface area contributed by atoms with Crippen molar-refractivity contribution in [3.8, 4) is 66.8 Å². The van der Waals surface area contributed by atoms with Crippen molar-refractivity contribution in [2.75, 3.05) is 4.90 Å². The summed E-state index contributed by atoms with van der Waals surface area (Å²) in [6, 6.07) is 94.6. The van der Waals surface area contributed by atoms with Crippen LogP contribution in [-0.4, -0.2) is 0 Å². The monoisotopic (exact) mass is 801 g/mol. The minimum Gasteiger partial charge on any atom is -0.310 e. The molecular weight excluding hydrogens is 759 g/mol. The molecule has 63 heavy (non-hydrogen) atoms. The maximum absolute atomic E-state index is 2.40. The van der Waals surface area contributed by atoms with E-state index in [0.717, 1.165) is 28.2 Å². The van der Waals surface area contributed by atoms with Crippen molar-refractivity contribution in [2.45, 2.75) is 0 Å². The molecule has 0 N–H and O–H groups in total. The Balaban J connectivity index is 1.01. The summed E-state index contributed by atoms with van der Waals surface area (Å²) in [5.74, 6) is 0. The van der Waals surface area contributed by atoms with Crippen molar-refractivity contribution in [1.82, 2.24) is 0 Å². The summed E-state index contributed by atoms with van der Waals surface area (Å²) in [6.07, 6.45) is 0. The van der Waals surface area contributed by atoms with Crippen molar-refractivity contribution in [2.24, 2.45) is 0 Å². The van der Waals surface area contributed by atoms with Crippen molar-refractivity contribution >= 4 is 38.6 Å². The molecule has 0 aromatic heterocycles. The Morgan fingerprint density at radius 2 is 0.667 bits per heavy atom. The lowest BCUT2D eigenvalue weighted by molar-refractivity contribution is 1.28. The van der Waals surface area contributed by atoms with E-state index in [9.17, 15) is 0 Å². The second-order valence-corrected chi connectivity index (χ2v) is 16.1. The van der Waals surface area contributed by atoms with Crippen LogP contribution < -0.4 is 4.90 Å². The van der Waals surface area contributed by atoms with Crippen LogP contribution in [0.1, 0.15) is 0 Å². The van der Waals surface area contributed by atoms with Crippen LogP contribution >= 0.6 is 0 Å². The molecule has 0 radical (unpaired) electrons. The fourth-order valence-electron chi connectivity index (χ4n) is 9.08. The van der Waals surface area contributed by atoms with Crippen LogP contribution in [0.25, 0.3) is 88.3 Å². The van der Waals surface area contributed by atoms with Gasteiger partial charge in [-0.25, -0.2) is 0 Å². The minimum atomic E-state index is 1.08. The molecule has 0 saturated heterocycles. The van der Waals surface area contributed by atoms with Crippen LogP contribution in [0.2, 0.25) is 0 Å². The third-order valence-corrected chi connectivity index (χ3v) is 12.3. The molecule has 1 nitrogen and oxygen atoms in total. The second kappa shape index (κ2) is 16.7. The van der Waals surface area contributed by atoms with Gasteiger partial charge in [0.1, 0.15) is 0 Å². The fourth-order valence-corrected chi connectivity index (χ4v) is 9.08. The zero-order chi connectivity index (χ0) is 42.0. The van der Waals surface area contributed by atoms with Gasteiger partial charge in [0.2, 0.25) is 0 Å². The topological polar surface area (TPSA) is 3.24 Å². The van der Waals surface area contributed by atoms with E-state index in [2.05, 4.69) is 266 Å². The molecule has 1 heteroatoms. The van der Waals surface area contributed by atoms with Gasteiger partial charge in [0.25, 0.3) is 0 Å². The zero-order valence-corrected chi connectivity index (χ0v) is 34.8. The summed E-state index contributed by atoms with van der Waals surface area (Å²) >= 11 is 0. The normalized spacial score (nSPS) is 11.2. The highest BCUT2D eigenvalue weighted by Gasteiger charge is 2.19. The smallest absolute Gasteiger partial charge is 0.0540 e. The van der Waals surface area contributed by atoms with Gasteiger partial charge >= 0.3 is 0 Å². The number of hydrogen-bond acceptors (Lipinski definition) is 1. The van der Waals surface area contributed by atoms with Gasteiger partial charge in [0, 0.05) is 16.9 Å². The Morgan fingerprint density at radius 3 is 1.40 bits per heavy atom. The molecule has 0 aliphatic heterocycles. The average molecular weight is 802 g/mol. The summed E-state index contributed by atoms with van der Waals surface area (Å²) < 4.78 is 0.